The molecule has 1 aromatic heterocycles. The van der Waals surface area contributed by atoms with Crippen LogP contribution in [-0.4, -0.2) is 30.3 Å². The lowest BCUT2D eigenvalue weighted by Crippen LogP contribution is -2.40. The number of furan rings is 1. The van der Waals surface area contributed by atoms with Gasteiger partial charge in [0.15, 0.2) is 12.0 Å². The summed E-state index contributed by atoms with van der Waals surface area (Å²) in [7, 11) is 1.12. The van der Waals surface area contributed by atoms with Crippen LogP contribution in [0, 0.1) is 0 Å². The molecule has 1 amide bonds. The normalized spacial score (nSPS) is 11.9. The van der Waals surface area contributed by atoms with Gasteiger partial charge in [0.1, 0.15) is 0 Å². The van der Waals surface area contributed by atoms with Gasteiger partial charge in [-0.05, 0) is 12.1 Å². The highest BCUT2D eigenvalue weighted by Gasteiger charge is 2.21. The van der Waals surface area contributed by atoms with Gasteiger partial charge in [0.2, 0.25) is 5.78 Å². The van der Waals surface area contributed by atoms with Gasteiger partial charge in [-0.2, -0.15) is 0 Å². The van der Waals surface area contributed by atoms with Gasteiger partial charge < -0.3 is 14.3 Å². The fraction of sp³-hybridized carbons (Fsp3) is 0.250. The van der Waals surface area contributed by atoms with Crippen molar-refractivity contribution < 1.29 is 23.8 Å². The molecule has 1 atom stereocenters. The molecule has 0 saturated carbocycles. The minimum atomic E-state index is -1.66. The summed E-state index contributed by atoms with van der Waals surface area (Å²) in [5.74, 6) is -0.769. The third kappa shape index (κ3) is 2.33. The number of hydrogen-bond acceptors (Lipinski definition) is 5. The largest absolute Gasteiger partial charge is 0.461 e. The first-order valence-electron chi connectivity index (χ1n) is 3.75. The molecule has 0 aliphatic heterocycles. The third-order valence-electron chi connectivity index (χ3n) is 1.45. The topological polar surface area (TPSA) is 88.8 Å². The number of alkyl carbamates (subject to hydrolysis) is 1. The summed E-state index contributed by atoms with van der Waals surface area (Å²) in [6, 6.07) is 2.88. The van der Waals surface area contributed by atoms with Crippen molar-refractivity contribution in [2.24, 2.45) is 0 Å². The summed E-state index contributed by atoms with van der Waals surface area (Å²) in [5.41, 5.74) is 0. The van der Waals surface area contributed by atoms with Crippen LogP contribution in [0.4, 0.5) is 4.79 Å². The molecule has 1 aromatic rings. The van der Waals surface area contributed by atoms with E-state index in [0.717, 1.165) is 7.11 Å². The van der Waals surface area contributed by atoms with Crippen molar-refractivity contribution in [3.05, 3.63) is 24.2 Å². The molecule has 6 nitrogen and oxygen atoms in total. The molecule has 1 rings (SSSR count). The first-order valence-corrected chi connectivity index (χ1v) is 3.75. The lowest BCUT2D eigenvalue weighted by Gasteiger charge is -2.08. The van der Waals surface area contributed by atoms with Crippen LogP contribution < -0.4 is 5.32 Å². The van der Waals surface area contributed by atoms with Crippen LogP contribution in [0.15, 0.2) is 22.8 Å². The van der Waals surface area contributed by atoms with Gasteiger partial charge in [-0.25, -0.2) is 4.79 Å². The van der Waals surface area contributed by atoms with Crippen LogP contribution in [0.5, 0.6) is 0 Å². The number of carbonyl (C=O) groups excluding carboxylic acids is 2. The standard InChI is InChI=1S/C8H9NO5/c1-13-8(12)9-7(11)6(10)5-3-2-4-14-5/h2-4,7,11H,1H3,(H,9,12)/t7-/m1/s1. The predicted octanol–water partition coefficient (Wildman–Crippen LogP) is 0.137. The average Bonchev–Trinajstić information content (AvgIpc) is 2.69. The van der Waals surface area contributed by atoms with Gasteiger partial charge in [0.05, 0.1) is 13.4 Å². The molecule has 0 aromatic carbocycles. The number of methoxy groups -OCH3 is 1. The average molecular weight is 199 g/mol. The van der Waals surface area contributed by atoms with Crippen LogP contribution in [0.1, 0.15) is 10.6 Å². The first kappa shape index (κ1) is 10.3. The zero-order valence-electron chi connectivity index (χ0n) is 7.39. The maximum atomic E-state index is 11.2. The van der Waals surface area contributed by atoms with Crippen molar-refractivity contribution in [3.8, 4) is 0 Å². The molecule has 0 aliphatic rings. The molecule has 14 heavy (non-hydrogen) atoms. The predicted molar refractivity (Wildman–Crippen MR) is 44.6 cm³/mol. The Morgan fingerprint density at radius 1 is 1.64 bits per heavy atom. The molecule has 0 unspecified atom stereocenters. The molecule has 6 heteroatoms. The summed E-state index contributed by atoms with van der Waals surface area (Å²) in [5, 5.41) is 11.1. The fourth-order valence-electron chi connectivity index (χ4n) is 0.790. The van der Waals surface area contributed by atoms with Gasteiger partial charge in [-0.1, -0.05) is 0 Å². The SMILES string of the molecule is COC(=O)N[C@H](O)C(=O)c1ccco1. The fourth-order valence-corrected chi connectivity index (χ4v) is 0.790. The minimum Gasteiger partial charge on any atom is -0.461 e. The lowest BCUT2D eigenvalue weighted by atomic mass is 10.3. The van der Waals surface area contributed by atoms with Crippen molar-refractivity contribution >= 4 is 11.9 Å². The maximum absolute atomic E-state index is 11.2. The smallest absolute Gasteiger partial charge is 0.409 e. The Hall–Kier alpha value is -1.82. The van der Waals surface area contributed by atoms with Crippen LogP contribution in [0.2, 0.25) is 0 Å². The number of rotatable bonds is 3. The second kappa shape index (κ2) is 4.43. The van der Waals surface area contributed by atoms with Gasteiger partial charge in [-0.15, -0.1) is 0 Å². The molecule has 2 N–H and O–H groups in total. The summed E-state index contributed by atoms with van der Waals surface area (Å²) in [6.07, 6.45) is -1.26. The summed E-state index contributed by atoms with van der Waals surface area (Å²) in [4.78, 5) is 21.9. The number of aliphatic hydroxyl groups is 1. The van der Waals surface area contributed by atoms with Gasteiger partial charge in [0.25, 0.3) is 0 Å². The van der Waals surface area contributed by atoms with Crippen molar-refractivity contribution in [1.29, 1.82) is 0 Å². The molecule has 0 spiro atoms. The molecule has 0 bridgehead atoms. The van der Waals surface area contributed by atoms with E-state index in [2.05, 4.69) is 4.74 Å². The molecule has 76 valence electrons. The molecule has 0 fully saturated rings. The molecule has 1 heterocycles. The monoisotopic (exact) mass is 199 g/mol. The minimum absolute atomic E-state index is 0.0334. The maximum Gasteiger partial charge on any atom is 0.409 e. The quantitative estimate of drug-likeness (QED) is 0.533. The zero-order chi connectivity index (χ0) is 10.6. The second-order valence-electron chi connectivity index (χ2n) is 2.38. The van der Waals surface area contributed by atoms with E-state index in [0.29, 0.717) is 0 Å². The number of hydrogen-bond donors (Lipinski definition) is 2. The number of aliphatic hydroxyl groups excluding tert-OH is 1. The van der Waals surface area contributed by atoms with Gasteiger partial charge >= 0.3 is 6.09 Å². The number of carbonyl (C=O) groups is 2. The summed E-state index contributed by atoms with van der Waals surface area (Å²) in [6.45, 7) is 0. The lowest BCUT2D eigenvalue weighted by molar-refractivity contribution is 0.0624. The van der Waals surface area contributed by atoms with Crippen LogP contribution in [-0.2, 0) is 4.74 Å². The van der Waals surface area contributed by atoms with E-state index in [1.54, 1.807) is 0 Å². The third-order valence-corrected chi connectivity index (χ3v) is 1.45. The van der Waals surface area contributed by atoms with E-state index >= 15 is 0 Å². The number of amides is 1. The van der Waals surface area contributed by atoms with Crippen molar-refractivity contribution in [3.63, 3.8) is 0 Å². The molecule has 0 aliphatic carbocycles. The van der Waals surface area contributed by atoms with Crippen molar-refractivity contribution in [2.75, 3.05) is 7.11 Å². The van der Waals surface area contributed by atoms with Crippen LogP contribution in [0.25, 0.3) is 0 Å². The highest BCUT2D eigenvalue weighted by molar-refractivity contribution is 5.98. The van der Waals surface area contributed by atoms with Crippen LogP contribution >= 0.6 is 0 Å². The Kier molecular flexibility index (Phi) is 3.24. The molecular weight excluding hydrogens is 190 g/mol. The number of nitrogens with one attached hydrogen (secondary N) is 1. The second-order valence-corrected chi connectivity index (χ2v) is 2.38. The number of Topliss-reactive ketones (excluding diaryl/α,β-unsaturated/α-hetero) is 1. The molecule has 0 saturated heterocycles. The van der Waals surface area contributed by atoms with E-state index in [9.17, 15) is 9.59 Å². The number of ether oxygens (including phenoxy) is 1. The first-order chi connectivity index (χ1) is 6.65. The van der Waals surface area contributed by atoms with E-state index in [1.165, 1.54) is 18.4 Å². The van der Waals surface area contributed by atoms with Gasteiger partial charge in [0, 0.05) is 0 Å². The summed E-state index contributed by atoms with van der Waals surface area (Å²) < 4.78 is 8.93. The Morgan fingerprint density at radius 3 is 2.86 bits per heavy atom. The highest BCUT2D eigenvalue weighted by atomic mass is 16.5. The van der Waals surface area contributed by atoms with E-state index in [1.807, 2.05) is 5.32 Å². The molecular formula is C8H9NO5. The zero-order valence-corrected chi connectivity index (χ0v) is 7.39. The summed E-state index contributed by atoms with van der Waals surface area (Å²) >= 11 is 0. The van der Waals surface area contributed by atoms with Crippen LogP contribution in [0.3, 0.4) is 0 Å². The number of ketones is 1. The van der Waals surface area contributed by atoms with E-state index < -0.39 is 18.1 Å². The highest BCUT2D eigenvalue weighted by Crippen LogP contribution is 2.03. The van der Waals surface area contributed by atoms with E-state index in [-0.39, 0.29) is 5.76 Å². The van der Waals surface area contributed by atoms with Crippen molar-refractivity contribution in [2.45, 2.75) is 6.23 Å². The van der Waals surface area contributed by atoms with Gasteiger partial charge in [-0.3, -0.25) is 10.1 Å². The molecule has 0 radical (unpaired) electrons. The van der Waals surface area contributed by atoms with Crippen molar-refractivity contribution in [1.82, 2.24) is 5.32 Å². The Labute approximate surface area is 79.5 Å². The Balaban J connectivity index is 2.58. The Morgan fingerprint density at radius 2 is 2.36 bits per heavy atom. The van der Waals surface area contributed by atoms with E-state index in [4.69, 9.17) is 9.52 Å². The Bertz CT molecular complexity index is 318.